The highest BCUT2D eigenvalue weighted by Crippen LogP contribution is 2.28. The Bertz CT molecular complexity index is 930. The highest BCUT2D eigenvalue weighted by molar-refractivity contribution is 7.92. The van der Waals surface area contributed by atoms with Gasteiger partial charge in [-0.1, -0.05) is 24.9 Å². The van der Waals surface area contributed by atoms with Crippen molar-refractivity contribution in [2.24, 2.45) is 0 Å². The van der Waals surface area contributed by atoms with Crippen molar-refractivity contribution < 1.29 is 17.9 Å². The van der Waals surface area contributed by atoms with E-state index in [1.54, 1.807) is 18.2 Å². The van der Waals surface area contributed by atoms with E-state index in [-0.39, 0.29) is 21.9 Å². The van der Waals surface area contributed by atoms with Crippen LogP contribution in [0.2, 0.25) is 5.02 Å². The van der Waals surface area contributed by atoms with E-state index in [9.17, 15) is 13.2 Å². The number of halogens is 1. The predicted octanol–water partition coefficient (Wildman–Crippen LogP) is 4.09. The molecule has 152 valence electrons. The molecule has 0 aliphatic carbocycles. The van der Waals surface area contributed by atoms with Crippen molar-refractivity contribution in [3.63, 3.8) is 0 Å². The van der Waals surface area contributed by atoms with Crippen LogP contribution < -0.4 is 14.4 Å². The van der Waals surface area contributed by atoms with Crippen LogP contribution in [0.25, 0.3) is 0 Å². The number of hydrogen-bond donors (Lipinski definition) is 1. The Balaban J connectivity index is 2.25. The van der Waals surface area contributed by atoms with Gasteiger partial charge in [0.1, 0.15) is 5.75 Å². The summed E-state index contributed by atoms with van der Waals surface area (Å²) < 4.78 is 31.9. The maximum Gasteiger partial charge on any atom is 0.264 e. The number of amides is 1. The highest BCUT2D eigenvalue weighted by Gasteiger charge is 2.23. The molecule has 8 heteroatoms. The van der Waals surface area contributed by atoms with Crippen molar-refractivity contribution >= 4 is 33.2 Å². The van der Waals surface area contributed by atoms with Crippen LogP contribution in [0.4, 0.5) is 5.69 Å². The second kappa shape index (κ2) is 9.30. The fourth-order valence-corrected chi connectivity index (χ4v) is 4.18. The molecule has 0 radical (unpaired) electrons. The zero-order valence-corrected chi connectivity index (χ0v) is 18.0. The number of carbonyl (C=O) groups is 1. The van der Waals surface area contributed by atoms with Crippen LogP contribution in [0.5, 0.6) is 5.75 Å². The fourth-order valence-electron chi connectivity index (χ4n) is 2.74. The number of hydrogen-bond acceptors (Lipinski definition) is 4. The zero-order chi connectivity index (χ0) is 20.9. The number of carbonyl (C=O) groups excluding carboxylic acids is 1. The van der Waals surface area contributed by atoms with Crippen LogP contribution in [0.3, 0.4) is 0 Å². The lowest BCUT2D eigenvalue weighted by Crippen LogP contribution is -2.32. The molecule has 0 spiro atoms. The molecule has 6 nitrogen and oxygen atoms in total. The molecule has 28 heavy (non-hydrogen) atoms. The largest absolute Gasteiger partial charge is 0.497 e. The summed E-state index contributed by atoms with van der Waals surface area (Å²) in [5, 5.41) is 3.08. The van der Waals surface area contributed by atoms with Crippen LogP contribution in [0, 0.1) is 0 Å². The summed E-state index contributed by atoms with van der Waals surface area (Å²) >= 11 is 6.27. The monoisotopic (exact) mass is 424 g/mol. The maximum atomic E-state index is 12.8. The van der Waals surface area contributed by atoms with Crippen molar-refractivity contribution in [3.05, 3.63) is 53.1 Å². The number of anilines is 1. The lowest BCUT2D eigenvalue weighted by Gasteiger charge is -2.21. The molecule has 2 aromatic rings. The first kappa shape index (κ1) is 22.0. The minimum absolute atomic E-state index is 0.0337. The van der Waals surface area contributed by atoms with Crippen molar-refractivity contribution in [2.75, 3.05) is 18.5 Å². The standard InChI is InChI=1S/C20H25ClN2O4S/c1-5-6-14(2)22-20(24)18-12-7-15(13-19(18)21)23(3)28(25,26)17-10-8-16(27-4)9-11-17/h7-14H,5-6H2,1-4H3,(H,22,24). The molecule has 0 heterocycles. The van der Waals surface area contributed by atoms with Gasteiger partial charge in [-0.05, 0) is 55.8 Å². The Hall–Kier alpha value is -2.25. The van der Waals surface area contributed by atoms with Crippen LogP contribution in [0.1, 0.15) is 37.0 Å². The summed E-state index contributed by atoms with van der Waals surface area (Å²) in [5.41, 5.74) is 0.669. The van der Waals surface area contributed by atoms with Crippen LogP contribution in [-0.2, 0) is 10.0 Å². The molecule has 0 aromatic heterocycles. The molecule has 0 aliphatic heterocycles. The Kier molecular flexibility index (Phi) is 7.32. The first-order valence-electron chi connectivity index (χ1n) is 8.94. The first-order chi connectivity index (χ1) is 13.2. The third-order valence-corrected chi connectivity index (χ3v) is 6.49. The van der Waals surface area contributed by atoms with Crippen molar-refractivity contribution in [1.29, 1.82) is 0 Å². The van der Waals surface area contributed by atoms with Gasteiger partial charge in [-0.2, -0.15) is 0 Å². The molecule has 1 N–H and O–H groups in total. The first-order valence-corrected chi connectivity index (χ1v) is 10.8. The summed E-state index contributed by atoms with van der Waals surface area (Å²) in [6.07, 6.45) is 1.83. The summed E-state index contributed by atoms with van der Waals surface area (Å²) in [6, 6.07) is 10.7. The SMILES string of the molecule is CCCC(C)NC(=O)c1ccc(N(C)S(=O)(=O)c2ccc(OC)cc2)cc1Cl. The van der Waals surface area contributed by atoms with E-state index < -0.39 is 10.0 Å². The second-order valence-corrected chi connectivity index (χ2v) is 8.85. The minimum atomic E-state index is -3.77. The van der Waals surface area contributed by atoms with E-state index in [4.69, 9.17) is 16.3 Å². The third kappa shape index (κ3) is 4.97. The Morgan fingerprint density at radius 1 is 1.21 bits per heavy atom. The van der Waals surface area contributed by atoms with Gasteiger partial charge in [-0.15, -0.1) is 0 Å². The lowest BCUT2D eigenvalue weighted by molar-refractivity contribution is 0.0938. The van der Waals surface area contributed by atoms with Gasteiger partial charge in [0.15, 0.2) is 0 Å². The van der Waals surface area contributed by atoms with Gasteiger partial charge in [0, 0.05) is 13.1 Å². The quantitative estimate of drug-likeness (QED) is 0.692. The number of nitrogens with zero attached hydrogens (tertiary/aromatic N) is 1. The molecule has 1 unspecified atom stereocenters. The van der Waals surface area contributed by atoms with Gasteiger partial charge < -0.3 is 10.1 Å². The smallest absolute Gasteiger partial charge is 0.264 e. The van der Waals surface area contributed by atoms with Gasteiger partial charge in [0.05, 0.1) is 28.3 Å². The van der Waals surface area contributed by atoms with Gasteiger partial charge in [0.25, 0.3) is 15.9 Å². The molecule has 1 atom stereocenters. The Morgan fingerprint density at radius 3 is 2.39 bits per heavy atom. The van der Waals surface area contributed by atoms with E-state index in [0.29, 0.717) is 17.0 Å². The summed E-state index contributed by atoms with van der Waals surface area (Å²) in [7, 11) is -0.824. The predicted molar refractivity (Wildman–Crippen MR) is 112 cm³/mol. The molecule has 0 aliphatic rings. The molecule has 0 bridgehead atoms. The van der Waals surface area contributed by atoms with E-state index in [1.807, 2.05) is 13.8 Å². The molecular formula is C20H25ClN2O4S. The van der Waals surface area contributed by atoms with Crippen LogP contribution in [0.15, 0.2) is 47.4 Å². The van der Waals surface area contributed by atoms with Gasteiger partial charge in [-0.3, -0.25) is 9.10 Å². The molecule has 0 saturated carbocycles. The van der Waals surface area contributed by atoms with Crippen molar-refractivity contribution in [2.45, 2.75) is 37.6 Å². The number of ether oxygens (including phenoxy) is 1. The van der Waals surface area contributed by atoms with Gasteiger partial charge in [0.2, 0.25) is 0 Å². The van der Waals surface area contributed by atoms with Crippen molar-refractivity contribution in [1.82, 2.24) is 5.32 Å². The number of methoxy groups -OCH3 is 1. The number of rotatable bonds is 8. The number of sulfonamides is 1. The maximum absolute atomic E-state index is 12.8. The van der Waals surface area contributed by atoms with Crippen LogP contribution in [-0.4, -0.2) is 34.5 Å². The summed E-state index contributed by atoms with van der Waals surface area (Å²) in [6.45, 7) is 3.97. The molecule has 0 saturated heterocycles. The lowest BCUT2D eigenvalue weighted by atomic mass is 10.1. The molecular weight excluding hydrogens is 400 g/mol. The molecule has 0 fully saturated rings. The second-order valence-electron chi connectivity index (χ2n) is 6.48. The molecule has 2 rings (SSSR count). The van der Waals surface area contributed by atoms with E-state index in [1.165, 1.54) is 38.4 Å². The number of benzene rings is 2. The van der Waals surface area contributed by atoms with Crippen LogP contribution >= 0.6 is 11.6 Å². The number of nitrogens with one attached hydrogen (secondary N) is 1. The zero-order valence-electron chi connectivity index (χ0n) is 16.4. The van der Waals surface area contributed by atoms with Gasteiger partial charge in [-0.25, -0.2) is 8.42 Å². The van der Waals surface area contributed by atoms with Crippen molar-refractivity contribution in [3.8, 4) is 5.75 Å². The minimum Gasteiger partial charge on any atom is -0.497 e. The van der Waals surface area contributed by atoms with E-state index >= 15 is 0 Å². The topological polar surface area (TPSA) is 75.7 Å². The Labute approximate surface area is 171 Å². The highest BCUT2D eigenvalue weighted by atomic mass is 35.5. The van der Waals surface area contributed by atoms with Gasteiger partial charge >= 0.3 is 0 Å². The average molecular weight is 425 g/mol. The summed E-state index contributed by atoms with van der Waals surface area (Å²) in [4.78, 5) is 12.5. The summed E-state index contributed by atoms with van der Waals surface area (Å²) in [5.74, 6) is 0.287. The van der Waals surface area contributed by atoms with E-state index in [2.05, 4.69) is 5.32 Å². The molecule has 1 amide bonds. The Morgan fingerprint density at radius 2 is 1.86 bits per heavy atom. The third-order valence-electron chi connectivity index (χ3n) is 4.38. The van der Waals surface area contributed by atoms with E-state index in [0.717, 1.165) is 17.1 Å². The average Bonchev–Trinajstić information content (AvgIpc) is 2.67. The molecule has 2 aromatic carbocycles. The fraction of sp³-hybridized carbons (Fsp3) is 0.350. The normalized spacial score (nSPS) is 12.3.